The summed E-state index contributed by atoms with van der Waals surface area (Å²) in [5.41, 5.74) is 5.08. The fourth-order valence-corrected chi connectivity index (χ4v) is 3.00. The second kappa shape index (κ2) is 3.56. The van der Waals surface area contributed by atoms with Crippen LogP contribution in [0.15, 0.2) is 0 Å². The van der Waals surface area contributed by atoms with Gasteiger partial charge in [0.2, 0.25) is 0 Å². The summed E-state index contributed by atoms with van der Waals surface area (Å²) in [6.45, 7) is 2.97. The highest BCUT2D eigenvalue weighted by Gasteiger charge is 2.44. The van der Waals surface area contributed by atoms with E-state index in [2.05, 4.69) is 4.90 Å². The molecular weight excluding hydrogens is 164 g/mol. The molecule has 2 heterocycles. The Morgan fingerprint density at radius 3 is 2.92 bits per heavy atom. The van der Waals surface area contributed by atoms with Crippen molar-refractivity contribution in [3.8, 4) is 0 Å². The van der Waals surface area contributed by atoms with Crippen molar-refractivity contribution in [3.05, 3.63) is 0 Å². The zero-order chi connectivity index (χ0) is 9.31. The van der Waals surface area contributed by atoms with Crippen LogP contribution in [-0.2, 0) is 0 Å². The minimum Gasteiger partial charge on any atom is -0.388 e. The van der Waals surface area contributed by atoms with Crippen molar-refractivity contribution in [2.45, 2.75) is 43.7 Å². The molecular formula is C10H20N2O. The summed E-state index contributed by atoms with van der Waals surface area (Å²) in [6, 6.07) is 0.407. The van der Waals surface area contributed by atoms with Crippen molar-refractivity contribution < 1.29 is 5.11 Å². The molecule has 2 aliphatic rings. The maximum absolute atomic E-state index is 10.4. The summed E-state index contributed by atoms with van der Waals surface area (Å²) >= 11 is 0. The largest absolute Gasteiger partial charge is 0.388 e. The highest BCUT2D eigenvalue weighted by atomic mass is 16.3. The van der Waals surface area contributed by atoms with Gasteiger partial charge in [-0.25, -0.2) is 0 Å². The number of fused-ring (bicyclic) bond motifs is 1. The maximum atomic E-state index is 10.4. The van der Waals surface area contributed by atoms with Gasteiger partial charge >= 0.3 is 0 Å². The van der Waals surface area contributed by atoms with Crippen LogP contribution in [0.2, 0.25) is 0 Å². The van der Waals surface area contributed by atoms with Gasteiger partial charge in [0.1, 0.15) is 0 Å². The van der Waals surface area contributed by atoms with E-state index in [0.29, 0.717) is 12.6 Å². The van der Waals surface area contributed by atoms with Crippen LogP contribution in [0.25, 0.3) is 0 Å². The van der Waals surface area contributed by atoms with Gasteiger partial charge in [-0.05, 0) is 51.7 Å². The van der Waals surface area contributed by atoms with Crippen LogP contribution >= 0.6 is 0 Å². The molecule has 0 amide bonds. The highest BCUT2D eigenvalue weighted by molar-refractivity contribution is 4.99. The molecule has 3 heteroatoms. The number of piperidine rings is 1. The molecule has 76 valence electrons. The van der Waals surface area contributed by atoms with Gasteiger partial charge in [0.05, 0.1) is 5.60 Å². The smallest absolute Gasteiger partial charge is 0.0814 e. The van der Waals surface area contributed by atoms with Crippen molar-refractivity contribution in [1.82, 2.24) is 4.90 Å². The molecule has 0 spiro atoms. The topological polar surface area (TPSA) is 49.5 Å². The number of nitrogens with two attached hydrogens (primary N) is 1. The molecule has 13 heavy (non-hydrogen) atoms. The Morgan fingerprint density at radius 2 is 2.15 bits per heavy atom. The number of hydrogen-bond acceptors (Lipinski definition) is 3. The molecule has 0 saturated carbocycles. The van der Waals surface area contributed by atoms with Crippen molar-refractivity contribution in [3.63, 3.8) is 0 Å². The Hall–Kier alpha value is -0.120. The zero-order valence-corrected chi connectivity index (χ0v) is 8.21. The standard InChI is InChI=1S/C10H20N2O/c11-6-5-10(13)4-2-8-12-7-1-3-9(10)12/h9,13H,1-8,11H2. The summed E-state index contributed by atoms with van der Waals surface area (Å²) < 4.78 is 0. The molecule has 2 unspecified atom stereocenters. The second-order valence-electron chi connectivity index (χ2n) is 4.44. The van der Waals surface area contributed by atoms with E-state index < -0.39 is 5.60 Å². The molecule has 2 rings (SSSR count). The SMILES string of the molecule is NCCC1(O)CCCN2CCCC21. The van der Waals surface area contributed by atoms with E-state index in [1.54, 1.807) is 0 Å². The maximum Gasteiger partial charge on any atom is 0.0814 e. The summed E-state index contributed by atoms with van der Waals surface area (Å²) in [5.74, 6) is 0. The Balaban J connectivity index is 2.08. The van der Waals surface area contributed by atoms with Gasteiger partial charge in [-0.15, -0.1) is 0 Å². The molecule has 0 bridgehead atoms. The van der Waals surface area contributed by atoms with Gasteiger partial charge in [-0.3, -0.25) is 4.90 Å². The Morgan fingerprint density at radius 1 is 1.38 bits per heavy atom. The van der Waals surface area contributed by atoms with E-state index in [0.717, 1.165) is 25.7 Å². The molecule has 2 aliphatic heterocycles. The van der Waals surface area contributed by atoms with E-state index in [1.807, 2.05) is 0 Å². The molecule has 2 saturated heterocycles. The van der Waals surface area contributed by atoms with Crippen LogP contribution in [0.5, 0.6) is 0 Å². The van der Waals surface area contributed by atoms with Crippen molar-refractivity contribution in [2.75, 3.05) is 19.6 Å². The predicted molar refractivity (Wildman–Crippen MR) is 52.5 cm³/mol. The average Bonchev–Trinajstić information content (AvgIpc) is 2.54. The molecule has 3 nitrogen and oxygen atoms in total. The fraction of sp³-hybridized carbons (Fsp3) is 1.00. The van der Waals surface area contributed by atoms with E-state index >= 15 is 0 Å². The van der Waals surface area contributed by atoms with Gasteiger partial charge in [-0.2, -0.15) is 0 Å². The van der Waals surface area contributed by atoms with Crippen LogP contribution in [0.4, 0.5) is 0 Å². The molecule has 0 radical (unpaired) electrons. The molecule has 0 aromatic carbocycles. The van der Waals surface area contributed by atoms with Crippen molar-refractivity contribution in [2.24, 2.45) is 5.73 Å². The zero-order valence-electron chi connectivity index (χ0n) is 8.21. The lowest BCUT2D eigenvalue weighted by atomic mass is 9.82. The van der Waals surface area contributed by atoms with Gasteiger partial charge in [0.25, 0.3) is 0 Å². The molecule has 0 aromatic heterocycles. The van der Waals surface area contributed by atoms with E-state index in [1.165, 1.54) is 19.5 Å². The van der Waals surface area contributed by atoms with E-state index in [4.69, 9.17) is 5.73 Å². The van der Waals surface area contributed by atoms with E-state index in [9.17, 15) is 5.11 Å². The number of aliphatic hydroxyl groups is 1. The quantitative estimate of drug-likeness (QED) is 0.650. The highest BCUT2D eigenvalue weighted by Crippen LogP contribution is 2.36. The van der Waals surface area contributed by atoms with Crippen LogP contribution in [-0.4, -0.2) is 41.3 Å². The average molecular weight is 184 g/mol. The lowest BCUT2D eigenvalue weighted by Gasteiger charge is -2.43. The van der Waals surface area contributed by atoms with Crippen LogP contribution in [0.1, 0.15) is 32.1 Å². The van der Waals surface area contributed by atoms with Gasteiger partial charge in [0, 0.05) is 6.04 Å². The van der Waals surface area contributed by atoms with Crippen LogP contribution in [0.3, 0.4) is 0 Å². The third-order valence-corrected chi connectivity index (χ3v) is 3.62. The molecule has 0 aliphatic carbocycles. The monoisotopic (exact) mass is 184 g/mol. The Kier molecular flexibility index (Phi) is 2.58. The number of rotatable bonds is 2. The molecule has 3 N–H and O–H groups in total. The first-order chi connectivity index (χ1) is 6.26. The number of nitrogens with zero attached hydrogens (tertiary/aromatic N) is 1. The third kappa shape index (κ3) is 1.60. The first-order valence-corrected chi connectivity index (χ1v) is 5.43. The van der Waals surface area contributed by atoms with E-state index in [-0.39, 0.29) is 0 Å². The lowest BCUT2D eigenvalue weighted by Crippen LogP contribution is -2.54. The van der Waals surface area contributed by atoms with Crippen LogP contribution < -0.4 is 5.73 Å². The fourth-order valence-electron chi connectivity index (χ4n) is 3.00. The normalized spacial score (nSPS) is 40.6. The first-order valence-electron chi connectivity index (χ1n) is 5.43. The third-order valence-electron chi connectivity index (χ3n) is 3.62. The summed E-state index contributed by atoms with van der Waals surface area (Å²) in [4.78, 5) is 2.44. The summed E-state index contributed by atoms with van der Waals surface area (Å²) in [5, 5.41) is 10.4. The molecule has 2 fully saturated rings. The van der Waals surface area contributed by atoms with Gasteiger partial charge in [0.15, 0.2) is 0 Å². The minimum absolute atomic E-state index is 0.407. The Bertz CT molecular complexity index is 182. The Labute approximate surface area is 79.9 Å². The minimum atomic E-state index is -0.469. The van der Waals surface area contributed by atoms with Gasteiger partial charge < -0.3 is 10.8 Å². The van der Waals surface area contributed by atoms with Crippen molar-refractivity contribution in [1.29, 1.82) is 0 Å². The molecule has 2 atom stereocenters. The predicted octanol–water partition coefficient (Wildman–Crippen LogP) is 0.324. The lowest BCUT2D eigenvalue weighted by molar-refractivity contribution is -0.0692. The number of hydrogen-bond donors (Lipinski definition) is 2. The summed E-state index contributed by atoms with van der Waals surface area (Å²) in [7, 11) is 0. The van der Waals surface area contributed by atoms with Crippen molar-refractivity contribution >= 4 is 0 Å². The molecule has 0 aromatic rings. The van der Waals surface area contributed by atoms with Crippen LogP contribution in [0, 0.1) is 0 Å². The first kappa shape index (κ1) is 9.44. The summed E-state index contributed by atoms with van der Waals surface area (Å²) in [6.07, 6.45) is 5.26. The van der Waals surface area contributed by atoms with Gasteiger partial charge in [-0.1, -0.05) is 0 Å². The second-order valence-corrected chi connectivity index (χ2v) is 4.44.